The Morgan fingerprint density at radius 2 is 1.82 bits per heavy atom. The van der Waals surface area contributed by atoms with Gasteiger partial charge in [0.25, 0.3) is 0 Å². The van der Waals surface area contributed by atoms with Crippen LogP contribution in [0.1, 0.15) is 65.5 Å². The SMILES string of the molecule is COc1cc(C2Oc3cc(OCCO)c4c(c3CC2OCNC2CCCC2)CC(Cc2ccc3c(c2)=CCN=3)c2cc(O)ccc2-4)ccc1O. The number of nitrogens with one attached hydrogen (secondary N) is 1. The fourth-order valence-corrected chi connectivity index (χ4v) is 8.29. The van der Waals surface area contributed by atoms with Crippen molar-refractivity contribution in [3.63, 3.8) is 0 Å². The van der Waals surface area contributed by atoms with Crippen LogP contribution in [0.15, 0.2) is 65.7 Å². The second-order valence-corrected chi connectivity index (χ2v) is 13.8. The predicted molar refractivity (Wildman–Crippen MR) is 190 cm³/mol. The molecule has 4 aromatic rings. The third-order valence-electron chi connectivity index (χ3n) is 10.7. The molecule has 1 fully saturated rings. The Balaban J connectivity index is 1.21. The van der Waals surface area contributed by atoms with Crippen LogP contribution >= 0.6 is 0 Å². The summed E-state index contributed by atoms with van der Waals surface area (Å²) in [4.78, 5) is 4.57. The highest BCUT2D eigenvalue weighted by Gasteiger charge is 2.39. The number of benzene rings is 4. The van der Waals surface area contributed by atoms with E-state index in [4.69, 9.17) is 18.9 Å². The van der Waals surface area contributed by atoms with Gasteiger partial charge in [-0.05, 0) is 101 Å². The van der Waals surface area contributed by atoms with E-state index in [0.717, 1.165) is 58.0 Å². The number of aliphatic hydroxyl groups is 1. The first-order valence-electron chi connectivity index (χ1n) is 17.8. The first-order chi connectivity index (χ1) is 24.5. The summed E-state index contributed by atoms with van der Waals surface area (Å²) in [6.07, 6.45) is 8.26. The van der Waals surface area contributed by atoms with Crippen molar-refractivity contribution in [2.24, 2.45) is 4.99 Å². The molecule has 2 heterocycles. The molecule has 4 N–H and O–H groups in total. The van der Waals surface area contributed by atoms with Gasteiger partial charge in [0.1, 0.15) is 30.0 Å². The Morgan fingerprint density at radius 3 is 2.66 bits per heavy atom. The molecule has 0 saturated heterocycles. The Hall–Kier alpha value is -4.57. The van der Waals surface area contributed by atoms with Crippen molar-refractivity contribution >= 4 is 6.08 Å². The van der Waals surface area contributed by atoms with Gasteiger partial charge in [-0.1, -0.05) is 37.1 Å². The second kappa shape index (κ2) is 14.0. The number of hydrogen-bond donors (Lipinski definition) is 4. The van der Waals surface area contributed by atoms with E-state index < -0.39 is 6.10 Å². The predicted octanol–water partition coefficient (Wildman–Crippen LogP) is 4.99. The molecule has 0 amide bonds. The molecule has 0 spiro atoms. The number of aliphatic hydroxyl groups excluding tert-OH is 1. The number of aromatic hydroxyl groups is 2. The van der Waals surface area contributed by atoms with Crippen LogP contribution in [-0.4, -0.2) is 61.1 Å². The van der Waals surface area contributed by atoms with E-state index in [-0.39, 0.29) is 36.7 Å². The molecule has 4 aromatic carbocycles. The highest BCUT2D eigenvalue weighted by molar-refractivity contribution is 5.83. The zero-order chi connectivity index (χ0) is 34.2. The third kappa shape index (κ3) is 6.30. The van der Waals surface area contributed by atoms with E-state index in [2.05, 4.69) is 34.6 Å². The fourth-order valence-electron chi connectivity index (χ4n) is 8.29. The second-order valence-electron chi connectivity index (χ2n) is 13.8. The zero-order valence-corrected chi connectivity index (χ0v) is 28.4. The third-order valence-corrected chi connectivity index (χ3v) is 10.7. The molecule has 50 heavy (non-hydrogen) atoms. The van der Waals surface area contributed by atoms with E-state index in [1.807, 2.05) is 30.3 Å². The van der Waals surface area contributed by atoms with Crippen molar-refractivity contribution in [2.75, 3.05) is 33.6 Å². The van der Waals surface area contributed by atoms with Gasteiger partial charge in [-0.25, -0.2) is 0 Å². The number of rotatable bonds is 11. The van der Waals surface area contributed by atoms with Gasteiger partial charge in [-0.15, -0.1) is 0 Å². The topological polar surface area (TPSA) is 122 Å². The molecule has 4 aliphatic rings. The minimum Gasteiger partial charge on any atom is -0.508 e. The van der Waals surface area contributed by atoms with Gasteiger partial charge in [0.15, 0.2) is 17.6 Å². The number of hydrogen-bond acceptors (Lipinski definition) is 9. The average molecular weight is 677 g/mol. The van der Waals surface area contributed by atoms with Crippen molar-refractivity contribution in [1.82, 2.24) is 5.32 Å². The summed E-state index contributed by atoms with van der Waals surface area (Å²) in [5.41, 5.74) is 7.33. The quantitative estimate of drug-likeness (QED) is 0.164. The zero-order valence-electron chi connectivity index (χ0n) is 28.4. The van der Waals surface area contributed by atoms with E-state index in [1.165, 1.54) is 30.7 Å². The number of nitrogens with zero attached hydrogens (tertiary/aromatic N) is 1. The van der Waals surface area contributed by atoms with Crippen LogP contribution in [0.25, 0.3) is 17.2 Å². The molecule has 3 unspecified atom stereocenters. The fraction of sp³-hybridized carbons (Fsp3) is 0.390. The summed E-state index contributed by atoms with van der Waals surface area (Å²) in [7, 11) is 1.54. The molecule has 260 valence electrons. The van der Waals surface area contributed by atoms with Gasteiger partial charge in [0.05, 0.1) is 32.3 Å². The summed E-state index contributed by atoms with van der Waals surface area (Å²) in [6, 6.07) is 19.8. The highest BCUT2D eigenvalue weighted by atomic mass is 16.6. The number of fused-ring (bicyclic) bond motifs is 6. The van der Waals surface area contributed by atoms with Gasteiger partial charge in [-0.3, -0.25) is 10.3 Å². The lowest BCUT2D eigenvalue weighted by Gasteiger charge is -2.38. The van der Waals surface area contributed by atoms with Gasteiger partial charge in [-0.2, -0.15) is 0 Å². The number of phenolic OH excluding ortho intramolecular Hbond substituents is 2. The lowest BCUT2D eigenvalue weighted by molar-refractivity contribution is -0.0469. The van der Waals surface area contributed by atoms with Crippen LogP contribution in [0, 0.1) is 0 Å². The summed E-state index contributed by atoms with van der Waals surface area (Å²) in [6.45, 7) is 1.13. The highest BCUT2D eigenvalue weighted by Crippen LogP contribution is 2.52. The van der Waals surface area contributed by atoms with Crippen LogP contribution in [0.5, 0.6) is 28.7 Å². The summed E-state index contributed by atoms with van der Waals surface area (Å²) >= 11 is 0. The van der Waals surface area contributed by atoms with Crippen LogP contribution < -0.4 is 30.1 Å². The Kier molecular flexibility index (Phi) is 9.12. The van der Waals surface area contributed by atoms with Gasteiger partial charge in [0, 0.05) is 29.7 Å². The van der Waals surface area contributed by atoms with Crippen molar-refractivity contribution in [1.29, 1.82) is 0 Å². The number of phenols is 2. The summed E-state index contributed by atoms with van der Waals surface area (Å²) in [5.74, 6) is 2.10. The van der Waals surface area contributed by atoms with Gasteiger partial charge in [0.2, 0.25) is 0 Å². The van der Waals surface area contributed by atoms with E-state index in [9.17, 15) is 15.3 Å². The smallest absolute Gasteiger partial charge is 0.160 e. The average Bonchev–Trinajstić information content (AvgIpc) is 3.83. The Labute approximate surface area is 291 Å². The van der Waals surface area contributed by atoms with Crippen LogP contribution in [0.3, 0.4) is 0 Å². The van der Waals surface area contributed by atoms with Crippen molar-refractivity contribution < 1.29 is 34.3 Å². The largest absolute Gasteiger partial charge is 0.508 e. The molecule has 2 aliphatic carbocycles. The van der Waals surface area contributed by atoms with E-state index in [0.29, 0.717) is 49.4 Å². The molecule has 1 saturated carbocycles. The molecular weight excluding hydrogens is 632 g/mol. The normalized spacial score (nSPS) is 20.5. The molecule has 0 aromatic heterocycles. The maximum absolute atomic E-state index is 10.7. The van der Waals surface area contributed by atoms with Crippen LogP contribution in [0.4, 0.5) is 0 Å². The lowest BCUT2D eigenvalue weighted by Crippen LogP contribution is -2.38. The molecule has 0 radical (unpaired) electrons. The lowest BCUT2D eigenvalue weighted by atomic mass is 9.73. The summed E-state index contributed by atoms with van der Waals surface area (Å²) in [5, 5.41) is 36.7. The monoisotopic (exact) mass is 676 g/mol. The maximum Gasteiger partial charge on any atom is 0.160 e. The van der Waals surface area contributed by atoms with Crippen molar-refractivity contribution in [2.45, 2.75) is 69.1 Å². The minimum absolute atomic E-state index is 0.0630. The van der Waals surface area contributed by atoms with Crippen LogP contribution in [0.2, 0.25) is 0 Å². The number of methoxy groups -OCH3 is 1. The molecule has 8 rings (SSSR count). The van der Waals surface area contributed by atoms with E-state index in [1.54, 1.807) is 12.1 Å². The molecular formula is C41H44N2O7. The molecule has 0 bridgehead atoms. The first-order valence-corrected chi connectivity index (χ1v) is 17.8. The Bertz CT molecular complexity index is 2020. The van der Waals surface area contributed by atoms with Crippen molar-refractivity contribution in [3.8, 4) is 39.9 Å². The molecule has 9 nitrogen and oxygen atoms in total. The number of ether oxygens (including phenoxy) is 4. The van der Waals surface area contributed by atoms with E-state index >= 15 is 0 Å². The van der Waals surface area contributed by atoms with Crippen LogP contribution in [-0.2, 0) is 24.0 Å². The van der Waals surface area contributed by atoms with Gasteiger partial charge >= 0.3 is 0 Å². The van der Waals surface area contributed by atoms with Crippen molar-refractivity contribution in [3.05, 3.63) is 99.1 Å². The molecule has 3 atom stereocenters. The maximum atomic E-state index is 10.7. The first kappa shape index (κ1) is 32.6. The standard InChI is InChI=1S/C41H44N2O7/c1-47-37-19-26(7-11-35(37)46)41-39(49-23-43-28-4-2-3-5-28)21-32-33-18-27(17-24-6-10-34-25(16-24)12-13-42-34)31-20-29(45)8-9-30(31)40(33)38(48-15-14-44)22-36(32)50-41/h6-12,16,19-20,22,27-28,39,41,43-46H,2-5,13-15,17-18,21,23H2,1H3. The van der Waals surface area contributed by atoms with Gasteiger partial charge < -0.3 is 34.3 Å². The minimum atomic E-state index is -0.470. The molecule has 2 aliphatic heterocycles. The molecule has 9 heteroatoms. The Morgan fingerprint density at radius 1 is 0.940 bits per heavy atom. The summed E-state index contributed by atoms with van der Waals surface area (Å²) < 4.78 is 25.3.